The van der Waals surface area contributed by atoms with E-state index in [2.05, 4.69) is 20.4 Å². The minimum atomic E-state index is -0.439. The Balaban J connectivity index is 1.77. The summed E-state index contributed by atoms with van der Waals surface area (Å²) in [5.41, 5.74) is 1.02. The summed E-state index contributed by atoms with van der Waals surface area (Å²) in [6, 6.07) is 11.4. The second-order valence-corrected chi connectivity index (χ2v) is 6.74. The molecule has 3 aromatic heterocycles. The molecule has 0 atom stereocenters. The van der Waals surface area contributed by atoms with Crippen LogP contribution in [0.5, 0.6) is 11.5 Å². The lowest BCUT2D eigenvalue weighted by molar-refractivity contribution is 0.102. The Hall–Kier alpha value is -4.34. The Morgan fingerprint density at radius 1 is 1.19 bits per heavy atom. The normalized spacial score (nSPS) is 10.7. The van der Waals surface area contributed by atoms with E-state index in [1.54, 1.807) is 36.4 Å². The number of carbonyl (C=O) groups is 1. The molecule has 10 nitrogen and oxygen atoms in total. The molecular weight excluding hydrogens is 414 g/mol. The molecule has 0 fully saturated rings. The molecule has 0 aliphatic carbocycles. The highest BCUT2D eigenvalue weighted by Crippen LogP contribution is 2.27. The van der Waals surface area contributed by atoms with Crippen molar-refractivity contribution < 1.29 is 18.7 Å². The molecule has 3 heterocycles. The average Bonchev–Trinajstić information content (AvgIpc) is 3.48. The van der Waals surface area contributed by atoms with Crippen LogP contribution in [-0.2, 0) is 6.42 Å². The zero-order valence-corrected chi connectivity index (χ0v) is 17.7. The molecule has 0 saturated carbocycles. The predicted molar refractivity (Wildman–Crippen MR) is 117 cm³/mol. The predicted octanol–water partition coefficient (Wildman–Crippen LogP) is 3.05. The number of aromatic amines is 1. The van der Waals surface area contributed by atoms with Gasteiger partial charge in [0.15, 0.2) is 5.76 Å². The van der Waals surface area contributed by atoms with Crippen LogP contribution in [0.4, 0.5) is 5.82 Å². The number of aryl methyl sites for hydroxylation is 1. The van der Waals surface area contributed by atoms with Crippen LogP contribution in [0, 0.1) is 0 Å². The molecule has 4 rings (SSSR count). The highest BCUT2D eigenvalue weighted by molar-refractivity contribution is 6.06. The van der Waals surface area contributed by atoms with E-state index in [9.17, 15) is 9.59 Å². The lowest BCUT2D eigenvalue weighted by Gasteiger charge is -2.12. The van der Waals surface area contributed by atoms with E-state index in [-0.39, 0.29) is 17.3 Å². The molecular formula is C22H21N5O5. The van der Waals surface area contributed by atoms with Gasteiger partial charge in [0.25, 0.3) is 11.5 Å². The molecule has 0 saturated heterocycles. The standard InChI is InChI=1S/C22H21N5O5/c1-4-13-10-20(28)25-22(23-13)27-19(12-16(26-27)17-6-5-9-32-17)24-21(29)15-8-7-14(30-2)11-18(15)31-3/h5-12H,4H2,1-3H3,(H,24,29)(H,23,25,28). The number of carbonyl (C=O) groups excluding carboxylic acids is 1. The van der Waals surface area contributed by atoms with Gasteiger partial charge in [-0.3, -0.25) is 14.6 Å². The first-order valence-corrected chi connectivity index (χ1v) is 9.80. The molecule has 0 bridgehead atoms. The summed E-state index contributed by atoms with van der Waals surface area (Å²) in [7, 11) is 3.00. The van der Waals surface area contributed by atoms with Crippen LogP contribution in [0.2, 0.25) is 0 Å². The molecule has 4 aromatic rings. The monoisotopic (exact) mass is 435 g/mol. The fourth-order valence-electron chi connectivity index (χ4n) is 3.12. The molecule has 32 heavy (non-hydrogen) atoms. The number of H-pyrrole nitrogens is 1. The summed E-state index contributed by atoms with van der Waals surface area (Å²) >= 11 is 0. The molecule has 0 unspecified atom stereocenters. The molecule has 0 aliphatic heterocycles. The van der Waals surface area contributed by atoms with Gasteiger partial charge in [-0.2, -0.15) is 9.78 Å². The number of hydrogen-bond donors (Lipinski definition) is 2. The summed E-state index contributed by atoms with van der Waals surface area (Å²) in [4.78, 5) is 32.3. The molecule has 10 heteroatoms. The molecule has 0 radical (unpaired) electrons. The van der Waals surface area contributed by atoms with Crippen LogP contribution >= 0.6 is 0 Å². The molecule has 1 amide bonds. The number of ether oxygens (including phenoxy) is 2. The van der Waals surface area contributed by atoms with Crippen LogP contribution in [0.25, 0.3) is 17.4 Å². The van der Waals surface area contributed by atoms with Crippen molar-refractivity contribution in [3.63, 3.8) is 0 Å². The smallest absolute Gasteiger partial charge is 0.260 e. The second kappa shape index (κ2) is 8.80. The van der Waals surface area contributed by atoms with Crippen LogP contribution in [0.1, 0.15) is 23.0 Å². The van der Waals surface area contributed by atoms with Gasteiger partial charge in [-0.25, -0.2) is 4.98 Å². The van der Waals surface area contributed by atoms with E-state index in [0.29, 0.717) is 40.6 Å². The highest BCUT2D eigenvalue weighted by Gasteiger charge is 2.20. The SMILES string of the molecule is CCc1cc(=O)[nH]c(-n2nc(-c3ccco3)cc2NC(=O)c2ccc(OC)cc2OC)n1. The summed E-state index contributed by atoms with van der Waals surface area (Å²) < 4.78 is 17.3. The fourth-order valence-corrected chi connectivity index (χ4v) is 3.12. The van der Waals surface area contributed by atoms with Crippen molar-refractivity contribution in [3.05, 3.63) is 70.3 Å². The van der Waals surface area contributed by atoms with Crippen LogP contribution in [0.3, 0.4) is 0 Å². The Morgan fingerprint density at radius 3 is 2.72 bits per heavy atom. The van der Waals surface area contributed by atoms with Gasteiger partial charge < -0.3 is 19.2 Å². The Bertz CT molecular complexity index is 1310. The number of nitrogens with zero attached hydrogens (tertiary/aromatic N) is 3. The maximum atomic E-state index is 13.1. The third kappa shape index (κ3) is 4.10. The number of benzene rings is 1. The van der Waals surface area contributed by atoms with Crippen LogP contribution in [-0.4, -0.2) is 39.9 Å². The van der Waals surface area contributed by atoms with Crippen molar-refractivity contribution in [1.82, 2.24) is 19.7 Å². The zero-order chi connectivity index (χ0) is 22.7. The maximum Gasteiger partial charge on any atom is 0.260 e. The van der Waals surface area contributed by atoms with Gasteiger partial charge in [-0.15, -0.1) is 0 Å². The quantitative estimate of drug-likeness (QED) is 0.457. The topological polar surface area (TPSA) is 124 Å². The average molecular weight is 435 g/mol. The second-order valence-electron chi connectivity index (χ2n) is 6.74. The molecule has 164 valence electrons. The third-order valence-electron chi connectivity index (χ3n) is 4.72. The lowest BCUT2D eigenvalue weighted by atomic mass is 10.1. The summed E-state index contributed by atoms with van der Waals surface area (Å²) in [5.74, 6) is 1.42. The fraction of sp³-hybridized carbons (Fsp3) is 0.182. The minimum Gasteiger partial charge on any atom is -0.497 e. The summed E-state index contributed by atoms with van der Waals surface area (Å²) in [5, 5.41) is 7.29. The Labute approximate surface area is 182 Å². The molecule has 0 aliphatic rings. The van der Waals surface area contributed by atoms with E-state index in [0.717, 1.165) is 0 Å². The molecule has 1 aromatic carbocycles. The lowest BCUT2D eigenvalue weighted by Crippen LogP contribution is -2.19. The van der Waals surface area contributed by atoms with E-state index in [4.69, 9.17) is 13.9 Å². The van der Waals surface area contributed by atoms with Crippen LogP contribution in [0.15, 0.2) is 57.9 Å². The largest absolute Gasteiger partial charge is 0.497 e. The van der Waals surface area contributed by atoms with Gasteiger partial charge in [0.1, 0.15) is 23.0 Å². The van der Waals surface area contributed by atoms with Crippen molar-refractivity contribution in [2.24, 2.45) is 0 Å². The van der Waals surface area contributed by atoms with Crippen LogP contribution < -0.4 is 20.3 Å². The first-order chi connectivity index (χ1) is 15.5. The number of aromatic nitrogens is 4. The number of nitrogens with one attached hydrogen (secondary N) is 2. The number of furan rings is 1. The van der Waals surface area contributed by atoms with Gasteiger partial charge >= 0.3 is 0 Å². The van der Waals surface area contributed by atoms with E-state index < -0.39 is 5.91 Å². The summed E-state index contributed by atoms with van der Waals surface area (Å²) in [6.45, 7) is 1.89. The minimum absolute atomic E-state index is 0.171. The van der Waals surface area contributed by atoms with Crippen molar-refractivity contribution in [2.75, 3.05) is 19.5 Å². The summed E-state index contributed by atoms with van der Waals surface area (Å²) in [6.07, 6.45) is 2.08. The van der Waals surface area contributed by atoms with Crippen molar-refractivity contribution in [2.45, 2.75) is 13.3 Å². The number of amides is 1. The van der Waals surface area contributed by atoms with Crippen molar-refractivity contribution in [3.8, 4) is 28.9 Å². The zero-order valence-electron chi connectivity index (χ0n) is 17.7. The number of anilines is 1. The first-order valence-electron chi connectivity index (χ1n) is 9.80. The molecule has 2 N–H and O–H groups in total. The van der Waals surface area contributed by atoms with Gasteiger partial charge in [0.05, 0.1) is 26.0 Å². The number of methoxy groups -OCH3 is 2. The number of hydrogen-bond acceptors (Lipinski definition) is 7. The Morgan fingerprint density at radius 2 is 2.03 bits per heavy atom. The maximum absolute atomic E-state index is 13.1. The third-order valence-corrected chi connectivity index (χ3v) is 4.72. The van der Waals surface area contributed by atoms with E-state index >= 15 is 0 Å². The Kier molecular flexibility index (Phi) is 5.75. The van der Waals surface area contributed by atoms with Gasteiger partial charge in [-0.05, 0) is 30.7 Å². The van der Waals surface area contributed by atoms with Crippen molar-refractivity contribution >= 4 is 11.7 Å². The number of rotatable bonds is 7. The van der Waals surface area contributed by atoms with E-state index in [1.807, 2.05) is 6.92 Å². The van der Waals surface area contributed by atoms with E-state index in [1.165, 1.54) is 31.2 Å². The van der Waals surface area contributed by atoms with Gasteiger partial charge in [-0.1, -0.05) is 6.92 Å². The highest BCUT2D eigenvalue weighted by atomic mass is 16.5. The van der Waals surface area contributed by atoms with Gasteiger partial charge in [0, 0.05) is 23.9 Å². The first kappa shape index (κ1) is 20.9. The van der Waals surface area contributed by atoms with Gasteiger partial charge in [0.2, 0.25) is 5.95 Å². The molecule has 0 spiro atoms. The van der Waals surface area contributed by atoms with Crippen molar-refractivity contribution in [1.29, 1.82) is 0 Å².